The highest BCUT2D eigenvalue weighted by molar-refractivity contribution is 5.85. The molecule has 2 saturated carbocycles. The minimum atomic E-state index is 0. The summed E-state index contributed by atoms with van der Waals surface area (Å²) in [6, 6.07) is 0.355. The summed E-state index contributed by atoms with van der Waals surface area (Å²) in [5, 5.41) is 6.33. The highest BCUT2D eigenvalue weighted by Gasteiger charge is 2.57. The van der Waals surface area contributed by atoms with Gasteiger partial charge in [-0.3, -0.25) is 4.79 Å². The largest absolute Gasteiger partial charge is 0.378 e. The molecule has 2 N–H and O–H groups in total. The van der Waals surface area contributed by atoms with Crippen molar-refractivity contribution in [2.75, 3.05) is 20.2 Å². The molecule has 2 aliphatic rings. The Hall–Kier alpha value is -0.320. The van der Waals surface area contributed by atoms with E-state index < -0.39 is 0 Å². The van der Waals surface area contributed by atoms with Crippen molar-refractivity contribution in [3.05, 3.63) is 0 Å². The molecule has 0 saturated heterocycles. The molecule has 2 unspecified atom stereocenters. The first kappa shape index (κ1) is 17.7. The molecule has 2 rings (SSSR count). The molecule has 0 heterocycles. The van der Waals surface area contributed by atoms with Crippen LogP contribution in [0.2, 0.25) is 0 Å². The van der Waals surface area contributed by atoms with E-state index in [1.165, 1.54) is 25.7 Å². The first-order valence-electron chi connectivity index (χ1n) is 7.78. The predicted molar refractivity (Wildman–Crippen MR) is 83.3 cm³/mol. The first-order valence-corrected chi connectivity index (χ1v) is 7.78. The van der Waals surface area contributed by atoms with Crippen molar-refractivity contribution in [2.24, 2.45) is 5.41 Å². The van der Waals surface area contributed by atoms with Crippen LogP contribution in [0.15, 0.2) is 0 Å². The van der Waals surface area contributed by atoms with E-state index in [2.05, 4.69) is 17.6 Å². The SMILES string of the molecule is CCOC1CC(NC(=O)CCCNC)C12CCCC2.Cl. The van der Waals surface area contributed by atoms with Crippen molar-refractivity contribution in [1.29, 1.82) is 0 Å². The van der Waals surface area contributed by atoms with Crippen LogP contribution in [0.5, 0.6) is 0 Å². The van der Waals surface area contributed by atoms with Gasteiger partial charge in [0.25, 0.3) is 0 Å². The Morgan fingerprint density at radius 3 is 2.65 bits per heavy atom. The van der Waals surface area contributed by atoms with Gasteiger partial charge in [0.1, 0.15) is 0 Å². The zero-order chi connectivity index (χ0) is 13.7. The molecule has 1 spiro atoms. The van der Waals surface area contributed by atoms with Gasteiger partial charge < -0.3 is 15.4 Å². The van der Waals surface area contributed by atoms with Gasteiger partial charge in [-0.1, -0.05) is 12.8 Å². The molecule has 4 nitrogen and oxygen atoms in total. The Labute approximate surface area is 128 Å². The van der Waals surface area contributed by atoms with Crippen LogP contribution in [-0.4, -0.2) is 38.3 Å². The molecule has 0 aliphatic heterocycles. The zero-order valence-corrected chi connectivity index (χ0v) is 13.6. The van der Waals surface area contributed by atoms with E-state index in [-0.39, 0.29) is 23.7 Å². The lowest BCUT2D eigenvalue weighted by atomic mass is 9.60. The van der Waals surface area contributed by atoms with Gasteiger partial charge in [-0.25, -0.2) is 0 Å². The maximum Gasteiger partial charge on any atom is 0.220 e. The average Bonchev–Trinajstić information content (AvgIpc) is 2.90. The fraction of sp³-hybridized carbons (Fsp3) is 0.933. The van der Waals surface area contributed by atoms with E-state index in [9.17, 15) is 4.79 Å². The van der Waals surface area contributed by atoms with Gasteiger partial charge in [0.05, 0.1) is 6.10 Å². The minimum absolute atomic E-state index is 0. The van der Waals surface area contributed by atoms with E-state index in [0.29, 0.717) is 18.6 Å². The van der Waals surface area contributed by atoms with Crippen LogP contribution >= 0.6 is 12.4 Å². The van der Waals surface area contributed by atoms with Crippen molar-refractivity contribution in [1.82, 2.24) is 10.6 Å². The topological polar surface area (TPSA) is 50.4 Å². The Morgan fingerprint density at radius 1 is 1.35 bits per heavy atom. The second-order valence-corrected chi connectivity index (χ2v) is 5.95. The van der Waals surface area contributed by atoms with Gasteiger partial charge in [0, 0.05) is 24.5 Å². The fourth-order valence-corrected chi connectivity index (χ4v) is 3.78. The molecule has 0 bridgehead atoms. The molecule has 20 heavy (non-hydrogen) atoms. The van der Waals surface area contributed by atoms with E-state index in [4.69, 9.17) is 4.74 Å². The summed E-state index contributed by atoms with van der Waals surface area (Å²) in [6.07, 6.45) is 7.95. The van der Waals surface area contributed by atoms with Crippen LogP contribution < -0.4 is 10.6 Å². The van der Waals surface area contributed by atoms with E-state index in [1.54, 1.807) is 0 Å². The number of hydrogen-bond donors (Lipinski definition) is 2. The molecule has 5 heteroatoms. The number of nitrogens with one attached hydrogen (secondary N) is 2. The van der Waals surface area contributed by atoms with Gasteiger partial charge in [0.15, 0.2) is 0 Å². The number of rotatable bonds is 7. The summed E-state index contributed by atoms with van der Waals surface area (Å²) in [5.41, 5.74) is 0.259. The van der Waals surface area contributed by atoms with E-state index in [1.807, 2.05) is 7.05 Å². The number of carbonyl (C=O) groups excluding carboxylic acids is 1. The smallest absolute Gasteiger partial charge is 0.220 e. The molecule has 118 valence electrons. The molecule has 2 aliphatic carbocycles. The maximum atomic E-state index is 11.9. The second kappa shape index (κ2) is 8.20. The third-order valence-electron chi connectivity index (χ3n) is 4.85. The summed E-state index contributed by atoms with van der Waals surface area (Å²) in [7, 11) is 1.92. The van der Waals surface area contributed by atoms with Crippen molar-refractivity contribution in [2.45, 2.75) is 64.0 Å². The van der Waals surface area contributed by atoms with Gasteiger partial charge >= 0.3 is 0 Å². The quantitative estimate of drug-likeness (QED) is 0.709. The van der Waals surface area contributed by atoms with E-state index >= 15 is 0 Å². The molecular formula is C15H29ClN2O2. The Balaban J connectivity index is 0.00000200. The Morgan fingerprint density at radius 2 is 2.05 bits per heavy atom. The van der Waals surface area contributed by atoms with Crippen molar-refractivity contribution in [3.8, 4) is 0 Å². The summed E-state index contributed by atoms with van der Waals surface area (Å²) >= 11 is 0. The lowest BCUT2D eigenvalue weighted by Crippen LogP contribution is -2.63. The summed E-state index contributed by atoms with van der Waals surface area (Å²) < 4.78 is 5.86. The monoisotopic (exact) mass is 304 g/mol. The number of hydrogen-bond acceptors (Lipinski definition) is 3. The van der Waals surface area contributed by atoms with Gasteiger partial charge in [-0.2, -0.15) is 0 Å². The number of ether oxygens (including phenoxy) is 1. The van der Waals surface area contributed by atoms with Gasteiger partial charge in [0.2, 0.25) is 5.91 Å². The molecular weight excluding hydrogens is 276 g/mol. The Bertz CT molecular complexity index is 306. The molecule has 0 aromatic heterocycles. The predicted octanol–water partition coefficient (Wildman–Crippen LogP) is 2.26. The normalized spacial score (nSPS) is 26.9. The molecule has 2 fully saturated rings. The lowest BCUT2D eigenvalue weighted by Gasteiger charge is -2.54. The molecule has 0 aromatic carbocycles. The van der Waals surface area contributed by atoms with Crippen molar-refractivity contribution < 1.29 is 9.53 Å². The molecule has 2 atom stereocenters. The highest BCUT2D eigenvalue weighted by atomic mass is 35.5. The van der Waals surface area contributed by atoms with Crippen molar-refractivity contribution in [3.63, 3.8) is 0 Å². The zero-order valence-electron chi connectivity index (χ0n) is 12.7. The van der Waals surface area contributed by atoms with Crippen molar-refractivity contribution >= 4 is 18.3 Å². The number of carbonyl (C=O) groups is 1. The van der Waals surface area contributed by atoms with Crippen LogP contribution in [0.1, 0.15) is 51.9 Å². The molecule has 0 aromatic rings. The third-order valence-corrected chi connectivity index (χ3v) is 4.85. The Kier molecular flexibility index (Phi) is 7.27. The summed E-state index contributed by atoms with van der Waals surface area (Å²) in [6.45, 7) is 3.76. The highest BCUT2D eigenvalue weighted by Crippen LogP contribution is 2.54. The van der Waals surface area contributed by atoms with Crippen LogP contribution in [0.3, 0.4) is 0 Å². The van der Waals surface area contributed by atoms with Crippen LogP contribution in [-0.2, 0) is 9.53 Å². The fourth-order valence-electron chi connectivity index (χ4n) is 3.78. The maximum absolute atomic E-state index is 11.9. The van der Waals surface area contributed by atoms with Crippen LogP contribution in [0.4, 0.5) is 0 Å². The second-order valence-electron chi connectivity index (χ2n) is 5.95. The summed E-state index contributed by atoms with van der Waals surface area (Å²) in [5.74, 6) is 0.210. The molecule has 0 radical (unpaired) electrons. The molecule has 1 amide bonds. The first-order chi connectivity index (χ1) is 9.23. The standard InChI is InChI=1S/C15H28N2O2.ClH/c1-3-19-13-11-12(15(13)8-4-5-9-15)17-14(18)7-6-10-16-2;/h12-13,16H,3-11H2,1-2H3,(H,17,18);1H. The lowest BCUT2D eigenvalue weighted by molar-refractivity contribution is -0.144. The van der Waals surface area contributed by atoms with Gasteiger partial charge in [-0.15, -0.1) is 12.4 Å². The van der Waals surface area contributed by atoms with Crippen LogP contribution in [0, 0.1) is 5.41 Å². The average molecular weight is 305 g/mol. The van der Waals surface area contributed by atoms with Gasteiger partial charge in [-0.05, 0) is 46.2 Å². The summed E-state index contributed by atoms with van der Waals surface area (Å²) in [4.78, 5) is 11.9. The number of halogens is 1. The third kappa shape index (κ3) is 3.66. The number of amides is 1. The minimum Gasteiger partial charge on any atom is -0.378 e. The van der Waals surface area contributed by atoms with Crippen LogP contribution in [0.25, 0.3) is 0 Å². The van der Waals surface area contributed by atoms with E-state index in [0.717, 1.165) is 26.0 Å².